The molecule has 1 aromatic carbocycles. The molecule has 0 bridgehead atoms. The minimum atomic E-state index is -0.832. The lowest BCUT2D eigenvalue weighted by Gasteiger charge is -2.19. The topological polar surface area (TPSA) is 76.2 Å². The van der Waals surface area contributed by atoms with Crippen LogP contribution in [-0.2, 0) is 11.2 Å². The van der Waals surface area contributed by atoms with Crippen LogP contribution in [0.1, 0.15) is 26.2 Å². The van der Waals surface area contributed by atoms with Crippen LogP contribution in [0.25, 0.3) is 11.5 Å². The maximum Gasteiger partial charge on any atom is 0.303 e. The van der Waals surface area contributed by atoms with Crippen LogP contribution in [0.4, 0.5) is 0 Å². The zero-order valence-corrected chi connectivity index (χ0v) is 12.8. The molecule has 2 rings (SSSR count). The summed E-state index contributed by atoms with van der Waals surface area (Å²) >= 11 is 3.39. The van der Waals surface area contributed by atoms with Gasteiger partial charge in [-0.25, -0.2) is 0 Å². The molecule has 0 aliphatic carbocycles. The number of hydrogen-bond acceptors (Lipinski definition) is 4. The third kappa shape index (κ3) is 3.90. The molecule has 106 valence electrons. The Balaban J connectivity index is 2.15. The van der Waals surface area contributed by atoms with Gasteiger partial charge in [0.25, 0.3) is 0 Å². The molecular formula is C14H15BrN2O3. The maximum absolute atomic E-state index is 10.8. The zero-order valence-electron chi connectivity index (χ0n) is 11.3. The molecule has 0 aliphatic rings. The summed E-state index contributed by atoms with van der Waals surface area (Å²) in [7, 11) is 0. The van der Waals surface area contributed by atoms with Crippen LogP contribution in [0.2, 0.25) is 0 Å². The number of carboxylic acid groups (broad SMARTS) is 1. The molecular weight excluding hydrogens is 324 g/mol. The van der Waals surface area contributed by atoms with Crippen molar-refractivity contribution in [1.82, 2.24) is 10.2 Å². The van der Waals surface area contributed by atoms with Crippen molar-refractivity contribution in [3.8, 4) is 11.5 Å². The van der Waals surface area contributed by atoms with Crippen molar-refractivity contribution >= 4 is 21.9 Å². The van der Waals surface area contributed by atoms with E-state index < -0.39 is 11.4 Å². The molecule has 0 radical (unpaired) electrons. The maximum atomic E-state index is 10.8. The summed E-state index contributed by atoms with van der Waals surface area (Å²) in [5.74, 6) is 0.0559. The number of rotatable bonds is 5. The number of aliphatic carboxylic acids is 1. The van der Waals surface area contributed by atoms with Crippen molar-refractivity contribution in [3.05, 3.63) is 34.6 Å². The number of hydrogen-bond donors (Lipinski definition) is 1. The molecule has 0 saturated heterocycles. The van der Waals surface area contributed by atoms with Gasteiger partial charge >= 0.3 is 5.97 Å². The van der Waals surface area contributed by atoms with E-state index in [9.17, 15) is 4.79 Å². The Bertz CT molecular complexity index is 622. The molecule has 0 fully saturated rings. The highest BCUT2D eigenvalue weighted by atomic mass is 79.9. The molecule has 0 unspecified atom stereocenters. The number of halogens is 1. The normalized spacial score (nSPS) is 11.6. The fraction of sp³-hybridized carbons (Fsp3) is 0.357. The summed E-state index contributed by atoms with van der Waals surface area (Å²) in [6, 6.07) is 7.57. The molecule has 1 heterocycles. The Kier molecular flexibility index (Phi) is 4.23. The first-order valence-corrected chi connectivity index (χ1v) is 6.95. The Morgan fingerprint density at radius 3 is 2.80 bits per heavy atom. The first-order valence-electron chi connectivity index (χ1n) is 6.16. The van der Waals surface area contributed by atoms with Gasteiger partial charge in [-0.15, -0.1) is 10.2 Å². The van der Waals surface area contributed by atoms with E-state index in [4.69, 9.17) is 9.52 Å². The molecule has 0 spiro atoms. The summed E-state index contributed by atoms with van der Waals surface area (Å²) in [5, 5.41) is 16.9. The van der Waals surface area contributed by atoms with Crippen LogP contribution < -0.4 is 0 Å². The summed E-state index contributed by atoms with van der Waals surface area (Å²) < 4.78 is 6.54. The molecule has 1 aromatic heterocycles. The molecule has 0 aliphatic heterocycles. The van der Waals surface area contributed by atoms with Crippen molar-refractivity contribution in [3.63, 3.8) is 0 Å². The molecule has 2 aromatic rings. The average molecular weight is 339 g/mol. The molecule has 6 heteroatoms. The molecule has 5 nitrogen and oxygen atoms in total. The second kappa shape index (κ2) is 5.75. The molecule has 1 N–H and O–H groups in total. The number of carbonyl (C=O) groups is 1. The molecule has 0 saturated carbocycles. The van der Waals surface area contributed by atoms with Crippen LogP contribution in [-0.4, -0.2) is 21.3 Å². The highest BCUT2D eigenvalue weighted by Crippen LogP contribution is 2.27. The lowest BCUT2D eigenvalue weighted by molar-refractivity contribution is -0.139. The van der Waals surface area contributed by atoms with Crippen LogP contribution in [0.15, 0.2) is 33.2 Å². The van der Waals surface area contributed by atoms with Crippen LogP contribution >= 0.6 is 15.9 Å². The third-order valence-corrected chi connectivity index (χ3v) is 3.29. The highest BCUT2D eigenvalue weighted by Gasteiger charge is 2.25. The number of aromatic nitrogens is 2. The standard InChI is InChI=1S/C14H15BrN2O3/c1-14(2,8-12(18)19)7-11-16-17-13(20-11)9-4-3-5-10(15)6-9/h3-6H,7-8H2,1-2H3,(H,18,19). The monoisotopic (exact) mass is 338 g/mol. The smallest absolute Gasteiger partial charge is 0.303 e. The van der Waals surface area contributed by atoms with Crippen LogP contribution in [0.3, 0.4) is 0 Å². The van der Waals surface area contributed by atoms with Gasteiger partial charge < -0.3 is 9.52 Å². The van der Waals surface area contributed by atoms with Crippen molar-refractivity contribution in [2.24, 2.45) is 5.41 Å². The van der Waals surface area contributed by atoms with Gasteiger partial charge in [-0.1, -0.05) is 35.8 Å². The van der Waals surface area contributed by atoms with E-state index in [-0.39, 0.29) is 6.42 Å². The molecule has 20 heavy (non-hydrogen) atoms. The average Bonchev–Trinajstić information content (AvgIpc) is 2.74. The van der Waals surface area contributed by atoms with Crippen molar-refractivity contribution in [1.29, 1.82) is 0 Å². The fourth-order valence-corrected chi connectivity index (χ4v) is 2.34. The lowest BCUT2D eigenvalue weighted by atomic mass is 9.86. The van der Waals surface area contributed by atoms with Gasteiger partial charge in [0.2, 0.25) is 11.8 Å². The predicted octanol–water partition coefficient (Wildman–Crippen LogP) is 3.54. The van der Waals surface area contributed by atoms with E-state index >= 15 is 0 Å². The molecule has 0 atom stereocenters. The first-order chi connectivity index (χ1) is 9.35. The number of nitrogens with zero attached hydrogens (tertiary/aromatic N) is 2. The summed E-state index contributed by atoms with van der Waals surface area (Å²) in [6.07, 6.45) is 0.488. The third-order valence-electron chi connectivity index (χ3n) is 2.80. The highest BCUT2D eigenvalue weighted by molar-refractivity contribution is 9.10. The van der Waals surface area contributed by atoms with Gasteiger partial charge in [-0.2, -0.15) is 0 Å². The van der Waals surface area contributed by atoms with E-state index in [1.165, 1.54) is 0 Å². The van der Waals surface area contributed by atoms with Crippen molar-refractivity contribution in [2.75, 3.05) is 0 Å². The van der Waals surface area contributed by atoms with Gasteiger partial charge in [0.1, 0.15) is 0 Å². The minimum absolute atomic E-state index is 0.0571. The van der Waals surface area contributed by atoms with E-state index in [0.717, 1.165) is 10.0 Å². The minimum Gasteiger partial charge on any atom is -0.481 e. The van der Waals surface area contributed by atoms with Gasteiger partial charge in [-0.3, -0.25) is 4.79 Å². The lowest BCUT2D eigenvalue weighted by Crippen LogP contribution is -2.19. The zero-order chi connectivity index (χ0) is 14.8. The van der Waals surface area contributed by atoms with Gasteiger partial charge in [0.15, 0.2) is 0 Å². The second-order valence-electron chi connectivity index (χ2n) is 5.42. The van der Waals surface area contributed by atoms with E-state index in [1.807, 2.05) is 38.1 Å². The summed E-state index contributed by atoms with van der Waals surface area (Å²) in [5.41, 5.74) is 0.404. The van der Waals surface area contributed by atoms with Crippen LogP contribution in [0, 0.1) is 5.41 Å². The summed E-state index contributed by atoms with van der Waals surface area (Å²) in [4.78, 5) is 10.8. The van der Waals surface area contributed by atoms with E-state index in [1.54, 1.807) is 0 Å². The Labute approximate surface area is 125 Å². The van der Waals surface area contributed by atoms with Crippen molar-refractivity contribution < 1.29 is 14.3 Å². The van der Waals surface area contributed by atoms with Gasteiger partial charge in [-0.05, 0) is 23.6 Å². The van der Waals surface area contributed by atoms with E-state index in [0.29, 0.717) is 18.2 Å². The quantitative estimate of drug-likeness (QED) is 0.902. The van der Waals surface area contributed by atoms with Crippen molar-refractivity contribution in [2.45, 2.75) is 26.7 Å². The SMILES string of the molecule is CC(C)(CC(=O)O)Cc1nnc(-c2cccc(Br)c2)o1. The Morgan fingerprint density at radius 2 is 2.15 bits per heavy atom. The Hall–Kier alpha value is -1.69. The van der Waals surface area contributed by atoms with Gasteiger partial charge in [0.05, 0.1) is 6.42 Å². The fourth-order valence-electron chi connectivity index (χ4n) is 1.94. The Morgan fingerprint density at radius 1 is 1.40 bits per heavy atom. The first kappa shape index (κ1) is 14.7. The largest absolute Gasteiger partial charge is 0.481 e. The number of benzene rings is 1. The molecule has 0 amide bonds. The van der Waals surface area contributed by atoms with E-state index in [2.05, 4.69) is 26.1 Å². The predicted molar refractivity (Wildman–Crippen MR) is 77.2 cm³/mol. The second-order valence-corrected chi connectivity index (χ2v) is 6.34. The summed E-state index contributed by atoms with van der Waals surface area (Å²) in [6.45, 7) is 3.73. The number of carboxylic acids is 1. The van der Waals surface area contributed by atoms with Crippen LogP contribution in [0.5, 0.6) is 0 Å². The van der Waals surface area contributed by atoms with Gasteiger partial charge in [0, 0.05) is 16.5 Å².